The van der Waals surface area contributed by atoms with Crippen LogP contribution < -0.4 is 0 Å². The standard InChI is InChI=1S/C8H17Br.C8H17Cl.2C5H12.Br2.U.V/c2*1-5-8(4,9)6-7(2)3;2*1-4-5(2)3;1-2;;/h2*7H,5-6H2,1-4H3;2*5H,4H2,1-3H3;;;. The van der Waals surface area contributed by atoms with E-state index in [2.05, 4.69) is 141 Å². The summed E-state index contributed by atoms with van der Waals surface area (Å²) in [6, 6.07) is 0. The molecule has 0 saturated carbocycles. The first-order valence-corrected chi connectivity index (χ1v) is 16.9. The summed E-state index contributed by atoms with van der Waals surface area (Å²) in [6.07, 6.45) is 7.27. The first-order chi connectivity index (χ1) is 13.5. The van der Waals surface area contributed by atoms with Gasteiger partial charge in [-0.3, -0.25) is 0 Å². The maximum atomic E-state index is 6.12. The van der Waals surface area contributed by atoms with Gasteiger partial charge in [-0.1, -0.05) is 112 Å². The van der Waals surface area contributed by atoms with E-state index < -0.39 is 0 Å². The molecule has 0 nitrogen and oxygen atoms in total. The van der Waals surface area contributed by atoms with Gasteiger partial charge in [0, 0.05) is 87.1 Å². The number of halogens is 4. The van der Waals surface area contributed by atoms with E-state index in [-0.39, 0.29) is 54.5 Å². The fourth-order valence-electron chi connectivity index (χ4n) is 1.99. The van der Waals surface area contributed by atoms with Gasteiger partial charge in [0.15, 0.2) is 0 Å². The van der Waals surface area contributed by atoms with Gasteiger partial charge in [0.25, 0.3) is 0 Å². The molecule has 0 N–H and O–H groups in total. The molecule has 0 aromatic carbocycles. The van der Waals surface area contributed by atoms with Gasteiger partial charge in [0.05, 0.1) is 0 Å². The van der Waals surface area contributed by atoms with Crippen LogP contribution in [0.3, 0.4) is 0 Å². The summed E-state index contributed by atoms with van der Waals surface area (Å²) in [7, 11) is 0. The van der Waals surface area contributed by atoms with Crippen molar-refractivity contribution < 1.29 is 49.7 Å². The third-order valence-electron chi connectivity index (χ3n) is 4.78. The molecule has 2 atom stereocenters. The van der Waals surface area contributed by atoms with Crippen molar-refractivity contribution in [3.8, 4) is 0 Å². The van der Waals surface area contributed by atoms with Crippen LogP contribution in [0.4, 0.5) is 0 Å². The quantitative estimate of drug-likeness (QED) is 0.213. The summed E-state index contributed by atoms with van der Waals surface area (Å²) >= 11 is 15.3. The zero-order valence-corrected chi connectivity index (χ0v) is 35.1. The zero-order valence-electron chi connectivity index (χ0n) is 24.0. The second kappa shape index (κ2) is 34.4. The fourth-order valence-corrected chi connectivity index (χ4v) is 2.95. The molecule has 0 aliphatic carbocycles. The Hall–Kier alpha value is 3.37. The Labute approximate surface area is 270 Å². The Bertz CT molecular complexity index is 281. The first-order valence-electron chi connectivity index (χ1n) is 12.0. The molecule has 0 heterocycles. The van der Waals surface area contributed by atoms with Crippen molar-refractivity contribution in [2.45, 2.75) is 145 Å². The molecule has 0 aliphatic heterocycles. The Morgan fingerprint density at radius 3 is 0.938 bits per heavy atom. The van der Waals surface area contributed by atoms with Crippen molar-refractivity contribution in [3.05, 3.63) is 0 Å². The molecule has 0 spiro atoms. The second-order valence-corrected chi connectivity index (χ2v) is 13.2. The zero-order chi connectivity index (χ0) is 25.6. The molecule has 0 aromatic rings. The molecule has 0 aromatic heterocycles. The molecule has 0 aliphatic rings. The van der Waals surface area contributed by atoms with Crippen molar-refractivity contribution in [1.29, 1.82) is 0 Å². The van der Waals surface area contributed by atoms with Crippen LogP contribution in [-0.2, 0) is 18.6 Å². The summed E-state index contributed by atoms with van der Waals surface area (Å²) in [5.74, 6) is 3.28. The van der Waals surface area contributed by atoms with E-state index in [1.54, 1.807) is 0 Å². The van der Waals surface area contributed by atoms with Crippen molar-refractivity contribution in [2.24, 2.45) is 23.7 Å². The maximum absolute atomic E-state index is 6.12. The van der Waals surface area contributed by atoms with Crippen LogP contribution in [0.1, 0.15) is 135 Å². The largest absolute Gasteiger partial charge is 0.120 e. The Kier molecular flexibility index (Phi) is 55.7. The van der Waals surface area contributed by atoms with Gasteiger partial charge in [0.2, 0.25) is 0 Å². The van der Waals surface area contributed by atoms with Crippen LogP contribution in [0, 0.1) is 54.8 Å². The van der Waals surface area contributed by atoms with Gasteiger partial charge < -0.3 is 0 Å². The number of alkyl halides is 2. The summed E-state index contributed by atoms with van der Waals surface area (Å²) in [5.41, 5.74) is 0. The van der Waals surface area contributed by atoms with E-state index >= 15 is 0 Å². The molecule has 0 bridgehead atoms. The van der Waals surface area contributed by atoms with Crippen LogP contribution in [0.25, 0.3) is 0 Å². The minimum absolute atomic E-state index is 0. The van der Waals surface area contributed by atoms with E-state index in [0.717, 1.165) is 30.6 Å². The summed E-state index contributed by atoms with van der Waals surface area (Å²) in [6.45, 7) is 30.9. The predicted molar refractivity (Wildman–Crippen MR) is 159 cm³/mol. The fraction of sp³-hybridized carbons (Fsp3) is 1.00. The molecule has 6 heteroatoms. The average molecular weight is 935 g/mol. The van der Waals surface area contributed by atoms with Crippen molar-refractivity contribution in [2.75, 3.05) is 0 Å². The molecule has 0 amide bonds. The normalized spacial score (nSPS) is 13.3. The Morgan fingerprint density at radius 1 is 0.625 bits per heavy atom. The third-order valence-corrected chi connectivity index (χ3v) is 6.08. The maximum Gasteiger partial charge on any atom is 0.0418 e. The summed E-state index contributed by atoms with van der Waals surface area (Å²) < 4.78 is 0.376. The van der Waals surface area contributed by atoms with Gasteiger partial charge in [0.1, 0.15) is 0 Å². The molecule has 0 rings (SSSR count). The van der Waals surface area contributed by atoms with Crippen molar-refractivity contribution in [1.82, 2.24) is 0 Å². The van der Waals surface area contributed by atoms with Gasteiger partial charge in [-0.2, -0.15) is 0 Å². The van der Waals surface area contributed by atoms with Crippen LogP contribution in [0.2, 0.25) is 0 Å². The molecule has 2 unspecified atom stereocenters. The Balaban J connectivity index is -0.0000000513. The molecule has 0 saturated heterocycles. The van der Waals surface area contributed by atoms with Crippen molar-refractivity contribution >= 4 is 55.8 Å². The van der Waals surface area contributed by atoms with Crippen molar-refractivity contribution in [3.63, 3.8) is 0 Å². The van der Waals surface area contributed by atoms with Crippen LogP contribution in [-0.4, -0.2) is 9.20 Å². The minimum Gasteiger partial charge on any atom is -0.120 e. The topological polar surface area (TPSA) is 0 Å². The molecule has 32 heavy (non-hydrogen) atoms. The molecule has 1 radical (unpaired) electrons. The monoisotopic (exact) mass is 931 g/mol. The van der Waals surface area contributed by atoms with E-state index in [1.165, 1.54) is 25.7 Å². The van der Waals surface area contributed by atoms with Gasteiger partial charge in [-0.15, -0.1) is 11.6 Å². The smallest absolute Gasteiger partial charge is 0.0418 e. The van der Waals surface area contributed by atoms with E-state index in [9.17, 15) is 0 Å². The van der Waals surface area contributed by atoms with Crippen LogP contribution in [0.5, 0.6) is 0 Å². The molecular formula is C26H58Br3ClUV. The molecule has 0 fully saturated rings. The third kappa shape index (κ3) is 64.0. The first kappa shape index (κ1) is 51.9. The number of hydrogen-bond donors (Lipinski definition) is 0. The molecular weight excluding hydrogens is 876 g/mol. The number of hydrogen-bond acceptors (Lipinski definition) is 0. The second-order valence-electron chi connectivity index (χ2n) is 10.3. The summed E-state index contributed by atoms with van der Waals surface area (Å²) in [5, 5.41) is 0. The van der Waals surface area contributed by atoms with Gasteiger partial charge in [-0.25, -0.2) is 0 Å². The van der Waals surface area contributed by atoms with Crippen LogP contribution >= 0.6 is 55.8 Å². The summed E-state index contributed by atoms with van der Waals surface area (Å²) in [4.78, 5) is 0.0359. The predicted octanol–water partition coefficient (Wildman–Crippen LogP) is 12.8. The average Bonchev–Trinajstić information content (AvgIpc) is 2.63. The number of rotatable bonds is 8. The molecule has 199 valence electrons. The Morgan fingerprint density at radius 2 is 0.875 bits per heavy atom. The van der Waals surface area contributed by atoms with E-state index in [4.69, 9.17) is 11.6 Å². The minimum atomic E-state index is 0. The van der Waals surface area contributed by atoms with E-state index in [0.29, 0.717) is 10.2 Å². The van der Waals surface area contributed by atoms with E-state index in [1.807, 2.05) is 0 Å². The van der Waals surface area contributed by atoms with Crippen LogP contribution in [0.15, 0.2) is 0 Å². The van der Waals surface area contributed by atoms with Gasteiger partial charge in [-0.05, 0) is 63.2 Å². The SMILES string of the molecule is BrBr.CCC(C)(Br)CC(C)C.CCC(C)(Cl)CC(C)C.CCC(C)C.CCC(C)C.[U].[V]. The van der Waals surface area contributed by atoms with Gasteiger partial charge >= 0.3 is 0 Å².